The van der Waals surface area contributed by atoms with E-state index in [2.05, 4.69) is 41.1 Å². The third-order valence-electron chi connectivity index (χ3n) is 6.34. The summed E-state index contributed by atoms with van der Waals surface area (Å²) in [6.45, 7) is 6.75. The molecule has 0 N–H and O–H groups in total. The van der Waals surface area contributed by atoms with Crippen LogP contribution in [0.1, 0.15) is 27.2 Å². The van der Waals surface area contributed by atoms with Gasteiger partial charge in [-0.15, -0.1) is 0 Å². The fourth-order valence-electron chi connectivity index (χ4n) is 4.39. The molecule has 0 saturated carbocycles. The molecule has 5 rings (SSSR count). The van der Waals surface area contributed by atoms with Gasteiger partial charge in [0.25, 0.3) is 5.91 Å². The zero-order valence-electron chi connectivity index (χ0n) is 19.6. The molecule has 1 aliphatic rings. The van der Waals surface area contributed by atoms with E-state index in [9.17, 15) is 4.79 Å². The van der Waals surface area contributed by atoms with Crippen molar-refractivity contribution >= 4 is 11.6 Å². The second-order valence-corrected chi connectivity index (χ2v) is 8.89. The van der Waals surface area contributed by atoms with Crippen molar-refractivity contribution in [3.8, 4) is 5.75 Å². The van der Waals surface area contributed by atoms with Crippen LogP contribution in [0.25, 0.3) is 5.65 Å². The molecule has 0 aliphatic carbocycles. The summed E-state index contributed by atoms with van der Waals surface area (Å²) < 4.78 is 7.97. The fraction of sp³-hybridized carbons (Fsp3) is 0.286. The van der Waals surface area contributed by atoms with Gasteiger partial charge < -0.3 is 14.0 Å². The number of piperazine rings is 1. The zero-order chi connectivity index (χ0) is 23.3. The van der Waals surface area contributed by atoms with Crippen molar-refractivity contribution in [2.75, 3.05) is 32.7 Å². The van der Waals surface area contributed by atoms with Crippen LogP contribution in [0.15, 0.2) is 79.1 Å². The largest absolute Gasteiger partial charge is 0.487 e. The van der Waals surface area contributed by atoms with Gasteiger partial charge in [-0.25, -0.2) is 4.98 Å². The summed E-state index contributed by atoms with van der Waals surface area (Å²) in [5, 5.41) is 0. The summed E-state index contributed by atoms with van der Waals surface area (Å²) in [5.41, 5.74) is 4.96. The molecule has 6 nitrogen and oxygen atoms in total. The number of amides is 1. The fourth-order valence-corrected chi connectivity index (χ4v) is 4.39. The topological polar surface area (TPSA) is 50.1 Å². The van der Waals surface area contributed by atoms with E-state index in [1.54, 1.807) is 0 Å². The highest BCUT2D eigenvalue weighted by molar-refractivity contribution is 5.94. The molecule has 0 atom stereocenters. The monoisotopic (exact) mass is 454 g/mol. The number of rotatable bonds is 7. The van der Waals surface area contributed by atoms with E-state index >= 15 is 0 Å². The minimum atomic E-state index is 0.0661. The van der Waals surface area contributed by atoms with Crippen molar-refractivity contribution in [2.24, 2.45) is 0 Å². The molecule has 0 radical (unpaired) electrons. The molecule has 34 heavy (non-hydrogen) atoms. The summed E-state index contributed by atoms with van der Waals surface area (Å²) in [7, 11) is 0. The molecule has 2 aromatic heterocycles. The Morgan fingerprint density at radius 3 is 2.59 bits per heavy atom. The van der Waals surface area contributed by atoms with Crippen LogP contribution in [-0.4, -0.2) is 57.8 Å². The molecule has 1 amide bonds. The molecule has 6 heteroatoms. The van der Waals surface area contributed by atoms with Gasteiger partial charge in [0.05, 0.1) is 5.69 Å². The summed E-state index contributed by atoms with van der Waals surface area (Å²) in [6.07, 6.45) is 5.07. The quantitative estimate of drug-likeness (QED) is 0.420. The van der Waals surface area contributed by atoms with Crippen LogP contribution < -0.4 is 4.74 Å². The highest BCUT2D eigenvalue weighted by Crippen LogP contribution is 2.18. The van der Waals surface area contributed by atoms with Crippen LogP contribution in [-0.2, 0) is 13.0 Å². The number of aryl methyl sites for hydroxylation is 1. The van der Waals surface area contributed by atoms with Crippen LogP contribution in [0.2, 0.25) is 0 Å². The summed E-state index contributed by atoms with van der Waals surface area (Å²) in [6, 6.07) is 22.1. The van der Waals surface area contributed by atoms with E-state index in [-0.39, 0.29) is 5.91 Å². The smallest absolute Gasteiger partial charge is 0.254 e. The minimum Gasteiger partial charge on any atom is -0.487 e. The van der Waals surface area contributed by atoms with Gasteiger partial charge in [-0.05, 0) is 48.7 Å². The standard InChI is InChI=1S/C28H30N4O2/c1-22-10-11-27-29-25(20-32(27)19-22)21-34-26-9-5-8-24(18-26)28(33)31-16-14-30(15-17-31)13-12-23-6-3-2-4-7-23/h2-11,18-20H,12-17,21H2,1H3. The number of hydrogen-bond acceptors (Lipinski definition) is 4. The Kier molecular flexibility index (Phi) is 6.58. The van der Waals surface area contributed by atoms with Gasteiger partial charge in [-0.3, -0.25) is 9.69 Å². The molecule has 174 valence electrons. The van der Waals surface area contributed by atoms with E-state index in [4.69, 9.17) is 4.74 Å². The van der Waals surface area contributed by atoms with E-state index in [1.165, 1.54) is 11.1 Å². The average molecular weight is 455 g/mol. The first kappa shape index (κ1) is 22.2. The molecule has 0 bridgehead atoms. The van der Waals surface area contributed by atoms with Crippen molar-refractivity contribution in [3.05, 3.63) is 102 Å². The van der Waals surface area contributed by atoms with Gasteiger partial charge in [0.2, 0.25) is 0 Å². The lowest BCUT2D eigenvalue weighted by molar-refractivity contribution is 0.0638. The van der Waals surface area contributed by atoms with Gasteiger partial charge in [0, 0.05) is 50.7 Å². The number of benzene rings is 2. The molecular weight excluding hydrogens is 424 g/mol. The molecule has 1 saturated heterocycles. The minimum absolute atomic E-state index is 0.0661. The number of ether oxygens (including phenoxy) is 1. The number of hydrogen-bond donors (Lipinski definition) is 0. The van der Waals surface area contributed by atoms with Crippen LogP contribution >= 0.6 is 0 Å². The lowest BCUT2D eigenvalue weighted by Gasteiger charge is -2.34. The molecule has 3 heterocycles. The van der Waals surface area contributed by atoms with Crippen LogP contribution in [0.4, 0.5) is 0 Å². The lowest BCUT2D eigenvalue weighted by Crippen LogP contribution is -2.49. The molecule has 4 aromatic rings. The maximum absolute atomic E-state index is 13.1. The Labute approximate surface area is 200 Å². The van der Waals surface area contributed by atoms with Crippen LogP contribution in [0.5, 0.6) is 5.75 Å². The molecule has 0 unspecified atom stereocenters. The molecule has 1 aliphatic heterocycles. The highest BCUT2D eigenvalue weighted by atomic mass is 16.5. The van der Waals surface area contributed by atoms with Crippen molar-refractivity contribution in [1.82, 2.24) is 19.2 Å². The van der Waals surface area contributed by atoms with E-state index in [0.717, 1.165) is 50.5 Å². The number of imidazole rings is 1. The van der Waals surface area contributed by atoms with Crippen LogP contribution in [0, 0.1) is 6.92 Å². The summed E-state index contributed by atoms with van der Waals surface area (Å²) >= 11 is 0. The Morgan fingerprint density at radius 2 is 1.76 bits per heavy atom. The SMILES string of the molecule is Cc1ccc2nc(COc3cccc(C(=O)N4CCN(CCc5ccccc5)CC4)c3)cn2c1. The first-order chi connectivity index (χ1) is 16.6. The predicted molar refractivity (Wildman–Crippen MR) is 133 cm³/mol. The van der Waals surface area contributed by atoms with E-state index < -0.39 is 0 Å². The first-order valence-corrected chi connectivity index (χ1v) is 11.9. The number of carbonyl (C=O) groups excluding carboxylic acids is 1. The van der Waals surface area contributed by atoms with E-state index in [1.807, 2.05) is 64.2 Å². The van der Waals surface area contributed by atoms with Gasteiger partial charge in [0.15, 0.2) is 0 Å². The van der Waals surface area contributed by atoms with Gasteiger partial charge in [-0.1, -0.05) is 42.5 Å². The molecule has 1 fully saturated rings. The predicted octanol–water partition coefficient (Wildman–Crippen LogP) is 4.22. The van der Waals surface area contributed by atoms with Gasteiger partial charge >= 0.3 is 0 Å². The van der Waals surface area contributed by atoms with E-state index in [0.29, 0.717) is 17.9 Å². The van der Waals surface area contributed by atoms with Crippen molar-refractivity contribution < 1.29 is 9.53 Å². The number of nitrogens with zero attached hydrogens (tertiary/aromatic N) is 4. The average Bonchev–Trinajstić information content (AvgIpc) is 3.29. The van der Waals surface area contributed by atoms with Crippen LogP contribution in [0.3, 0.4) is 0 Å². The Bertz CT molecular complexity index is 1260. The van der Waals surface area contributed by atoms with Gasteiger partial charge in [-0.2, -0.15) is 0 Å². The number of pyridine rings is 1. The molecular formula is C28H30N4O2. The Balaban J connectivity index is 1.14. The highest BCUT2D eigenvalue weighted by Gasteiger charge is 2.22. The zero-order valence-corrected chi connectivity index (χ0v) is 19.6. The maximum Gasteiger partial charge on any atom is 0.254 e. The Hall–Kier alpha value is -3.64. The lowest BCUT2D eigenvalue weighted by atomic mass is 10.1. The van der Waals surface area contributed by atoms with Crippen molar-refractivity contribution in [2.45, 2.75) is 20.0 Å². The summed E-state index contributed by atoms with van der Waals surface area (Å²) in [5.74, 6) is 0.747. The summed E-state index contributed by atoms with van der Waals surface area (Å²) in [4.78, 5) is 22.1. The van der Waals surface area contributed by atoms with Crippen molar-refractivity contribution in [1.29, 1.82) is 0 Å². The Morgan fingerprint density at radius 1 is 0.941 bits per heavy atom. The normalized spacial score (nSPS) is 14.4. The molecule has 0 spiro atoms. The number of carbonyl (C=O) groups is 1. The second-order valence-electron chi connectivity index (χ2n) is 8.89. The maximum atomic E-state index is 13.1. The molecule has 2 aromatic carbocycles. The number of fused-ring (bicyclic) bond motifs is 1. The third-order valence-corrected chi connectivity index (χ3v) is 6.34. The third kappa shape index (κ3) is 5.29. The second kappa shape index (κ2) is 10.1. The van der Waals surface area contributed by atoms with Gasteiger partial charge in [0.1, 0.15) is 18.0 Å². The van der Waals surface area contributed by atoms with Crippen molar-refractivity contribution in [3.63, 3.8) is 0 Å². The number of aromatic nitrogens is 2. The first-order valence-electron chi connectivity index (χ1n) is 11.9.